The van der Waals surface area contributed by atoms with E-state index in [2.05, 4.69) is 32.4 Å². The summed E-state index contributed by atoms with van der Waals surface area (Å²) in [4.78, 5) is 23.6. The maximum atomic E-state index is 12.5. The molecule has 0 unspecified atom stereocenters. The van der Waals surface area contributed by atoms with Gasteiger partial charge in [0.2, 0.25) is 5.91 Å². The summed E-state index contributed by atoms with van der Waals surface area (Å²) in [5, 5.41) is 6.45. The fourth-order valence-electron chi connectivity index (χ4n) is 4.00. The van der Waals surface area contributed by atoms with Gasteiger partial charge in [-0.1, -0.05) is 19.1 Å². The van der Waals surface area contributed by atoms with E-state index in [1.165, 1.54) is 0 Å². The van der Waals surface area contributed by atoms with Crippen LogP contribution in [0.25, 0.3) is 0 Å². The Morgan fingerprint density at radius 1 is 1.29 bits per heavy atom. The molecule has 3 rings (SSSR count). The fraction of sp³-hybridized carbons (Fsp3) is 0.542. The topological polar surface area (TPSA) is 79.4 Å². The van der Waals surface area contributed by atoms with E-state index in [0.29, 0.717) is 12.3 Å². The summed E-state index contributed by atoms with van der Waals surface area (Å²) in [6, 6.07) is 9.84. The highest BCUT2D eigenvalue weighted by Gasteiger charge is 2.22. The number of hydrogen-bond donors (Lipinski definition) is 2. The van der Waals surface area contributed by atoms with Gasteiger partial charge >= 0.3 is 0 Å². The normalized spacial score (nSPS) is 17.1. The minimum Gasteiger partial charge on any atom is -0.497 e. The Morgan fingerprint density at radius 3 is 2.84 bits per heavy atom. The average molecular weight is 426 g/mol. The summed E-state index contributed by atoms with van der Waals surface area (Å²) in [6.07, 6.45) is 6.41. The highest BCUT2D eigenvalue weighted by atomic mass is 16.5. The molecule has 1 aromatic heterocycles. The first-order chi connectivity index (χ1) is 15.1. The van der Waals surface area contributed by atoms with Crippen LogP contribution in [0.5, 0.6) is 5.75 Å². The van der Waals surface area contributed by atoms with Crippen LogP contribution >= 0.6 is 0 Å². The van der Waals surface area contributed by atoms with Gasteiger partial charge in [-0.05, 0) is 56.2 Å². The van der Waals surface area contributed by atoms with Crippen molar-refractivity contribution in [3.8, 4) is 5.75 Å². The predicted octanol–water partition coefficient (Wildman–Crippen LogP) is 4.18. The van der Waals surface area contributed by atoms with Gasteiger partial charge in [-0.25, -0.2) is 9.97 Å². The van der Waals surface area contributed by atoms with Crippen LogP contribution in [0.15, 0.2) is 36.7 Å². The van der Waals surface area contributed by atoms with Gasteiger partial charge in [-0.3, -0.25) is 4.79 Å². The number of aromatic nitrogens is 2. The lowest BCUT2D eigenvalue weighted by atomic mass is 9.93. The van der Waals surface area contributed by atoms with Crippen molar-refractivity contribution in [2.45, 2.75) is 52.0 Å². The Hall–Kier alpha value is -2.83. The molecule has 1 aliphatic rings. The van der Waals surface area contributed by atoms with E-state index in [9.17, 15) is 4.79 Å². The third kappa shape index (κ3) is 6.84. The van der Waals surface area contributed by atoms with Gasteiger partial charge in [0.25, 0.3) is 0 Å². The van der Waals surface area contributed by atoms with Crippen LogP contribution in [-0.2, 0) is 4.79 Å². The van der Waals surface area contributed by atoms with Crippen LogP contribution in [0.3, 0.4) is 0 Å². The van der Waals surface area contributed by atoms with Gasteiger partial charge in [0, 0.05) is 32.1 Å². The number of piperidine rings is 1. The van der Waals surface area contributed by atoms with E-state index in [-0.39, 0.29) is 11.9 Å². The maximum absolute atomic E-state index is 12.5. The summed E-state index contributed by atoms with van der Waals surface area (Å²) in [5.74, 6) is 3.27. The largest absolute Gasteiger partial charge is 0.497 e. The molecule has 2 heterocycles. The summed E-state index contributed by atoms with van der Waals surface area (Å²) >= 11 is 0. The van der Waals surface area contributed by atoms with E-state index in [1.54, 1.807) is 13.4 Å². The Bertz CT molecular complexity index is 827. The van der Waals surface area contributed by atoms with E-state index in [1.807, 2.05) is 37.3 Å². The van der Waals surface area contributed by atoms with Crippen LogP contribution in [0.4, 0.5) is 11.6 Å². The van der Waals surface area contributed by atoms with Crippen LogP contribution < -0.4 is 20.3 Å². The summed E-state index contributed by atoms with van der Waals surface area (Å²) in [6.45, 7) is 7.00. The predicted molar refractivity (Wildman–Crippen MR) is 125 cm³/mol. The lowest BCUT2D eigenvalue weighted by Gasteiger charge is -2.33. The Morgan fingerprint density at radius 2 is 2.10 bits per heavy atom. The molecule has 7 nitrogen and oxygen atoms in total. The molecule has 168 valence electrons. The highest BCUT2D eigenvalue weighted by Crippen LogP contribution is 2.26. The quantitative estimate of drug-likeness (QED) is 0.594. The minimum absolute atomic E-state index is 0.0173. The second-order valence-electron chi connectivity index (χ2n) is 8.24. The minimum atomic E-state index is -0.0173. The zero-order valence-electron chi connectivity index (χ0n) is 18.9. The molecule has 31 heavy (non-hydrogen) atoms. The number of nitrogens with one attached hydrogen (secondary N) is 2. The Labute approximate surface area is 185 Å². The number of anilines is 2. The van der Waals surface area contributed by atoms with Gasteiger partial charge < -0.3 is 20.3 Å². The van der Waals surface area contributed by atoms with Crippen LogP contribution in [-0.4, -0.2) is 42.6 Å². The number of ether oxygens (including phenoxy) is 1. The molecule has 7 heteroatoms. The molecule has 2 N–H and O–H groups in total. The molecule has 0 aliphatic carbocycles. The van der Waals surface area contributed by atoms with Crippen LogP contribution in [0, 0.1) is 5.92 Å². The first-order valence-electron chi connectivity index (χ1n) is 11.3. The van der Waals surface area contributed by atoms with Gasteiger partial charge in [-0.2, -0.15) is 0 Å². The number of rotatable bonds is 10. The van der Waals surface area contributed by atoms with Crippen molar-refractivity contribution in [3.05, 3.63) is 42.2 Å². The van der Waals surface area contributed by atoms with Crippen molar-refractivity contribution in [2.75, 3.05) is 37.0 Å². The number of methoxy groups -OCH3 is 1. The lowest BCUT2D eigenvalue weighted by Crippen LogP contribution is -2.36. The molecular formula is C24H35N5O2. The SMILES string of the molecule is CCCNc1cc(N2CCC[C@H](CCC(=O)N[C@H](C)c3ccc(OC)cc3)C2)ncn1. The van der Waals surface area contributed by atoms with Crippen molar-refractivity contribution in [1.29, 1.82) is 0 Å². The molecule has 1 aromatic carbocycles. The summed E-state index contributed by atoms with van der Waals surface area (Å²) in [7, 11) is 1.65. The van der Waals surface area contributed by atoms with E-state index in [0.717, 1.165) is 68.3 Å². The van der Waals surface area contributed by atoms with Crippen molar-refractivity contribution in [1.82, 2.24) is 15.3 Å². The smallest absolute Gasteiger partial charge is 0.220 e. The number of carbonyl (C=O) groups excluding carboxylic acids is 1. The highest BCUT2D eigenvalue weighted by molar-refractivity contribution is 5.76. The van der Waals surface area contributed by atoms with Gasteiger partial charge in [0.1, 0.15) is 23.7 Å². The zero-order chi connectivity index (χ0) is 22.1. The molecule has 1 saturated heterocycles. The first-order valence-corrected chi connectivity index (χ1v) is 11.3. The molecule has 1 fully saturated rings. The fourth-order valence-corrected chi connectivity index (χ4v) is 4.00. The average Bonchev–Trinajstić information content (AvgIpc) is 2.82. The summed E-state index contributed by atoms with van der Waals surface area (Å²) < 4.78 is 5.20. The van der Waals surface area contributed by atoms with E-state index in [4.69, 9.17) is 4.74 Å². The maximum Gasteiger partial charge on any atom is 0.220 e. The molecule has 0 spiro atoms. The molecule has 2 atom stereocenters. The summed E-state index contributed by atoms with van der Waals surface area (Å²) in [5.41, 5.74) is 1.08. The van der Waals surface area contributed by atoms with Gasteiger partial charge in [-0.15, -0.1) is 0 Å². The van der Waals surface area contributed by atoms with Crippen molar-refractivity contribution in [2.24, 2.45) is 5.92 Å². The lowest BCUT2D eigenvalue weighted by molar-refractivity contribution is -0.122. The van der Waals surface area contributed by atoms with Gasteiger partial charge in [0.05, 0.1) is 13.2 Å². The van der Waals surface area contributed by atoms with E-state index >= 15 is 0 Å². The number of hydrogen-bond acceptors (Lipinski definition) is 6. The van der Waals surface area contributed by atoms with E-state index < -0.39 is 0 Å². The standard InChI is InChI=1S/C24H35N5O2/c1-4-13-25-22-15-23(27-17-26-22)29-14-5-6-19(16-29)7-12-24(30)28-18(2)20-8-10-21(31-3)11-9-20/h8-11,15,17-19H,4-7,12-14,16H2,1-3H3,(H,28,30)(H,25,26,27)/t18-,19-/m1/s1. The van der Waals surface area contributed by atoms with Crippen molar-refractivity contribution < 1.29 is 9.53 Å². The number of nitrogens with zero attached hydrogens (tertiary/aromatic N) is 3. The molecule has 0 radical (unpaired) electrons. The number of amides is 1. The van der Waals surface area contributed by atoms with Crippen molar-refractivity contribution >= 4 is 17.5 Å². The zero-order valence-corrected chi connectivity index (χ0v) is 18.9. The molecule has 1 amide bonds. The molecule has 1 aliphatic heterocycles. The number of benzene rings is 1. The van der Waals surface area contributed by atoms with Crippen LogP contribution in [0.2, 0.25) is 0 Å². The first kappa shape index (κ1) is 22.8. The van der Waals surface area contributed by atoms with Crippen LogP contribution in [0.1, 0.15) is 57.6 Å². The Balaban J connectivity index is 1.47. The van der Waals surface area contributed by atoms with Crippen molar-refractivity contribution in [3.63, 3.8) is 0 Å². The number of carbonyl (C=O) groups is 1. The molecule has 0 saturated carbocycles. The third-order valence-electron chi connectivity index (χ3n) is 5.82. The molecule has 0 bridgehead atoms. The van der Waals surface area contributed by atoms with Gasteiger partial charge in [0.15, 0.2) is 0 Å². The second-order valence-corrected chi connectivity index (χ2v) is 8.24. The third-order valence-corrected chi connectivity index (χ3v) is 5.82. The monoisotopic (exact) mass is 425 g/mol. The molecule has 2 aromatic rings. The second kappa shape index (κ2) is 11.5. The Kier molecular flexibility index (Phi) is 8.50. The molecular weight excluding hydrogens is 390 g/mol.